The van der Waals surface area contributed by atoms with Gasteiger partial charge in [0.25, 0.3) is 5.91 Å². The smallest absolute Gasteiger partial charge is 0.272 e. The van der Waals surface area contributed by atoms with Gasteiger partial charge in [-0.2, -0.15) is 5.10 Å². The highest BCUT2D eigenvalue weighted by molar-refractivity contribution is 6.33. The van der Waals surface area contributed by atoms with Crippen molar-refractivity contribution in [1.82, 2.24) is 5.43 Å². The zero-order valence-electron chi connectivity index (χ0n) is 10.8. The van der Waals surface area contributed by atoms with Crippen LogP contribution in [0.15, 0.2) is 47.6 Å². The van der Waals surface area contributed by atoms with Crippen molar-refractivity contribution in [2.24, 2.45) is 5.10 Å². The Kier molecular flexibility index (Phi) is 4.38. The van der Waals surface area contributed by atoms with Gasteiger partial charge in [0.15, 0.2) is 0 Å². The van der Waals surface area contributed by atoms with Crippen molar-refractivity contribution in [3.8, 4) is 5.75 Å². The molecule has 0 aromatic heterocycles. The molecule has 2 N–H and O–H groups in total. The van der Waals surface area contributed by atoms with Crippen molar-refractivity contribution in [2.45, 2.75) is 6.92 Å². The fraction of sp³-hybridized carbons (Fsp3) is 0.0667. The van der Waals surface area contributed by atoms with Gasteiger partial charge in [-0.15, -0.1) is 0 Å². The SMILES string of the molecule is Cc1ccc(O)c(C=NNC(=O)c2ccccc2Cl)c1. The van der Waals surface area contributed by atoms with Gasteiger partial charge in [0.1, 0.15) is 5.75 Å². The normalized spacial score (nSPS) is 10.7. The van der Waals surface area contributed by atoms with Crippen molar-refractivity contribution in [1.29, 1.82) is 0 Å². The number of nitrogens with one attached hydrogen (secondary N) is 1. The number of aryl methyl sites for hydroxylation is 1. The molecule has 0 aliphatic carbocycles. The number of nitrogens with zero attached hydrogens (tertiary/aromatic N) is 1. The fourth-order valence-electron chi connectivity index (χ4n) is 1.64. The molecule has 2 aromatic rings. The van der Waals surface area contributed by atoms with Gasteiger partial charge in [0.2, 0.25) is 0 Å². The molecule has 0 bridgehead atoms. The quantitative estimate of drug-likeness (QED) is 0.673. The lowest BCUT2D eigenvalue weighted by molar-refractivity contribution is 0.0955. The fourth-order valence-corrected chi connectivity index (χ4v) is 1.86. The average molecular weight is 289 g/mol. The maximum Gasteiger partial charge on any atom is 0.272 e. The molecule has 2 rings (SSSR count). The molecule has 0 radical (unpaired) electrons. The highest BCUT2D eigenvalue weighted by Crippen LogP contribution is 2.16. The molecule has 2 aromatic carbocycles. The molecular formula is C15H13ClN2O2. The van der Waals surface area contributed by atoms with Crippen LogP contribution in [0.3, 0.4) is 0 Å². The van der Waals surface area contributed by atoms with Crippen molar-refractivity contribution in [2.75, 3.05) is 0 Å². The summed E-state index contributed by atoms with van der Waals surface area (Å²) in [5.74, 6) is -0.301. The number of aromatic hydroxyl groups is 1. The second-order valence-corrected chi connectivity index (χ2v) is 4.65. The molecule has 102 valence electrons. The molecule has 0 saturated carbocycles. The Balaban J connectivity index is 2.09. The molecule has 1 amide bonds. The number of carbonyl (C=O) groups excluding carboxylic acids is 1. The summed E-state index contributed by atoms with van der Waals surface area (Å²) in [6.45, 7) is 1.90. The Bertz CT molecular complexity index is 669. The Hall–Kier alpha value is -2.33. The third-order valence-electron chi connectivity index (χ3n) is 2.67. The van der Waals surface area contributed by atoms with Crippen molar-refractivity contribution < 1.29 is 9.90 Å². The van der Waals surface area contributed by atoms with E-state index < -0.39 is 5.91 Å². The molecule has 0 aliphatic heterocycles. The van der Waals surface area contributed by atoms with Crippen molar-refractivity contribution >= 4 is 23.7 Å². The molecule has 0 unspecified atom stereocenters. The van der Waals surface area contributed by atoms with E-state index in [9.17, 15) is 9.90 Å². The number of halogens is 1. The van der Waals surface area contributed by atoms with Crippen LogP contribution in [0.2, 0.25) is 5.02 Å². The molecule has 0 fully saturated rings. The number of benzene rings is 2. The highest BCUT2D eigenvalue weighted by atomic mass is 35.5. The summed E-state index contributed by atoms with van der Waals surface area (Å²) >= 11 is 5.91. The lowest BCUT2D eigenvalue weighted by Crippen LogP contribution is -2.17. The van der Waals surface area contributed by atoms with Crippen LogP contribution in [0, 0.1) is 6.92 Å². The standard InChI is InChI=1S/C15H13ClN2O2/c1-10-6-7-14(19)11(8-10)9-17-18-15(20)12-4-2-3-5-13(12)16/h2-9,19H,1H3,(H,18,20). The molecule has 0 saturated heterocycles. The molecule has 0 heterocycles. The number of rotatable bonds is 3. The van der Waals surface area contributed by atoms with Crippen LogP contribution in [0.25, 0.3) is 0 Å². The molecule has 5 heteroatoms. The Labute approximate surface area is 121 Å². The van der Waals surface area contributed by atoms with E-state index in [4.69, 9.17) is 11.6 Å². The second kappa shape index (κ2) is 6.21. The number of carbonyl (C=O) groups is 1. The maximum atomic E-state index is 11.8. The number of hydrazone groups is 1. The molecular weight excluding hydrogens is 276 g/mol. The van der Waals surface area contributed by atoms with Crippen LogP contribution >= 0.6 is 11.6 Å². The second-order valence-electron chi connectivity index (χ2n) is 4.24. The van der Waals surface area contributed by atoms with E-state index in [1.54, 1.807) is 42.5 Å². The zero-order valence-corrected chi connectivity index (χ0v) is 11.6. The average Bonchev–Trinajstić information content (AvgIpc) is 2.43. The van der Waals surface area contributed by atoms with Crippen LogP contribution in [0.1, 0.15) is 21.5 Å². The lowest BCUT2D eigenvalue weighted by atomic mass is 10.1. The van der Waals surface area contributed by atoms with E-state index in [-0.39, 0.29) is 5.75 Å². The minimum Gasteiger partial charge on any atom is -0.507 e. The third-order valence-corrected chi connectivity index (χ3v) is 3.00. The maximum absolute atomic E-state index is 11.8. The number of phenolic OH excluding ortho intramolecular Hbond substituents is 1. The van der Waals surface area contributed by atoms with Gasteiger partial charge in [-0.05, 0) is 31.2 Å². The first-order chi connectivity index (χ1) is 9.58. The van der Waals surface area contributed by atoms with Gasteiger partial charge >= 0.3 is 0 Å². The summed E-state index contributed by atoms with van der Waals surface area (Å²) in [5.41, 5.74) is 4.24. The van der Waals surface area contributed by atoms with Crippen LogP contribution in [-0.4, -0.2) is 17.2 Å². The minimum absolute atomic E-state index is 0.103. The predicted molar refractivity (Wildman–Crippen MR) is 79.4 cm³/mol. The van der Waals surface area contributed by atoms with Crippen LogP contribution in [0.5, 0.6) is 5.75 Å². The zero-order chi connectivity index (χ0) is 14.5. The summed E-state index contributed by atoms with van der Waals surface area (Å²) in [4.78, 5) is 11.8. The van der Waals surface area contributed by atoms with Gasteiger partial charge in [-0.1, -0.05) is 35.4 Å². The number of hydrogen-bond donors (Lipinski definition) is 2. The first-order valence-corrected chi connectivity index (χ1v) is 6.33. The van der Waals surface area contributed by atoms with Crippen molar-refractivity contribution in [3.63, 3.8) is 0 Å². The summed E-state index contributed by atoms with van der Waals surface area (Å²) in [6.07, 6.45) is 1.39. The summed E-state index contributed by atoms with van der Waals surface area (Å²) < 4.78 is 0. The number of hydrogen-bond acceptors (Lipinski definition) is 3. The van der Waals surface area contributed by atoms with Gasteiger partial charge in [-0.25, -0.2) is 5.43 Å². The Morgan fingerprint density at radius 1 is 1.30 bits per heavy atom. The summed E-state index contributed by atoms with van der Waals surface area (Å²) in [7, 11) is 0. The molecule has 4 nitrogen and oxygen atoms in total. The van der Waals surface area contributed by atoms with Crippen molar-refractivity contribution in [3.05, 3.63) is 64.2 Å². The Morgan fingerprint density at radius 3 is 2.80 bits per heavy atom. The van der Waals surface area contributed by atoms with Crippen LogP contribution in [0.4, 0.5) is 0 Å². The van der Waals surface area contributed by atoms with Gasteiger partial charge in [0.05, 0.1) is 16.8 Å². The summed E-state index contributed by atoms with van der Waals surface area (Å²) in [5, 5.41) is 13.8. The first-order valence-electron chi connectivity index (χ1n) is 5.95. The summed E-state index contributed by atoms with van der Waals surface area (Å²) in [6, 6.07) is 11.8. The monoisotopic (exact) mass is 288 g/mol. The molecule has 0 atom stereocenters. The van der Waals surface area contributed by atoms with E-state index in [2.05, 4.69) is 10.5 Å². The number of phenols is 1. The minimum atomic E-state index is -0.404. The largest absolute Gasteiger partial charge is 0.507 e. The molecule has 0 spiro atoms. The van der Waals surface area contributed by atoms with E-state index in [0.29, 0.717) is 16.1 Å². The van der Waals surface area contributed by atoms with E-state index in [0.717, 1.165) is 5.56 Å². The third kappa shape index (κ3) is 3.36. The van der Waals surface area contributed by atoms with Crippen LogP contribution in [-0.2, 0) is 0 Å². The highest BCUT2D eigenvalue weighted by Gasteiger charge is 2.07. The van der Waals surface area contributed by atoms with E-state index in [1.165, 1.54) is 6.21 Å². The van der Waals surface area contributed by atoms with E-state index in [1.807, 2.05) is 6.92 Å². The van der Waals surface area contributed by atoms with Gasteiger partial charge in [-0.3, -0.25) is 4.79 Å². The van der Waals surface area contributed by atoms with E-state index >= 15 is 0 Å². The lowest BCUT2D eigenvalue weighted by Gasteiger charge is -2.02. The first kappa shape index (κ1) is 14.1. The number of amides is 1. The topological polar surface area (TPSA) is 61.7 Å². The van der Waals surface area contributed by atoms with Crippen LogP contribution < -0.4 is 5.43 Å². The Morgan fingerprint density at radius 2 is 2.05 bits per heavy atom. The molecule has 0 aliphatic rings. The predicted octanol–water partition coefficient (Wildman–Crippen LogP) is 3.12. The van der Waals surface area contributed by atoms with Gasteiger partial charge in [0, 0.05) is 5.56 Å². The van der Waals surface area contributed by atoms with Gasteiger partial charge < -0.3 is 5.11 Å². The molecule has 20 heavy (non-hydrogen) atoms.